The van der Waals surface area contributed by atoms with Crippen LogP contribution in [0.15, 0.2) is 33.6 Å². The average Bonchev–Trinajstić information content (AvgIpc) is 2.91. The first-order valence-corrected chi connectivity index (χ1v) is 4.96. The van der Waals surface area contributed by atoms with Gasteiger partial charge in [0.05, 0.1) is 20.4 Å². The second kappa shape index (κ2) is 4.73. The Labute approximate surface area is 98.0 Å². The average molecular weight is 233 g/mol. The van der Waals surface area contributed by atoms with Gasteiger partial charge in [0.25, 0.3) is 0 Å². The van der Waals surface area contributed by atoms with Crippen LogP contribution < -0.4 is 4.74 Å². The number of rotatable bonds is 3. The highest BCUT2D eigenvalue weighted by Crippen LogP contribution is 2.26. The van der Waals surface area contributed by atoms with Crippen LogP contribution in [0.25, 0.3) is 0 Å². The molecule has 1 aliphatic rings. The summed E-state index contributed by atoms with van der Waals surface area (Å²) in [4.78, 5) is 11.6. The Bertz CT molecular complexity index is 485. The lowest BCUT2D eigenvalue weighted by Crippen LogP contribution is -2.06. The van der Waals surface area contributed by atoms with Crippen LogP contribution in [-0.4, -0.2) is 26.4 Å². The molecule has 0 aliphatic carbocycles. The summed E-state index contributed by atoms with van der Waals surface area (Å²) in [5, 5.41) is 11.1. The van der Waals surface area contributed by atoms with E-state index in [4.69, 9.17) is 4.74 Å². The molecule has 0 bridgehead atoms. The lowest BCUT2D eigenvalue weighted by Gasteiger charge is -2.09. The van der Waals surface area contributed by atoms with Crippen molar-refractivity contribution in [1.29, 1.82) is 0 Å². The molecule has 1 aromatic rings. The van der Waals surface area contributed by atoms with Crippen LogP contribution >= 0.6 is 0 Å². The standard InChI is InChI=1S/C11H11N3O3/c1-16-10-4-3-7(9-6-12-14-13-9)5-8(10)11(15)17-2/h3-6,9H,1-2H3. The molecule has 1 heterocycles. The molecule has 88 valence electrons. The largest absolute Gasteiger partial charge is 0.496 e. The fourth-order valence-electron chi connectivity index (χ4n) is 1.54. The second-order valence-corrected chi connectivity index (χ2v) is 3.37. The lowest BCUT2D eigenvalue weighted by molar-refractivity contribution is 0.0597. The van der Waals surface area contributed by atoms with Crippen LogP contribution in [0, 0.1) is 0 Å². The van der Waals surface area contributed by atoms with E-state index >= 15 is 0 Å². The van der Waals surface area contributed by atoms with Gasteiger partial charge >= 0.3 is 5.97 Å². The van der Waals surface area contributed by atoms with Gasteiger partial charge in [-0.3, -0.25) is 0 Å². The molecule has 17 heavy (non-hydrogen) atoms. The van der Waals surface area contributed by atoms with Gasteiger partial charge in [-0.25, -0.2) is 4.79 Å². The van der Waals surface area contributed by atoms with Gasteiger partial charge < -0.3 is 9.47 Å². The lowest BCUT2D eigenvalue weighted by atomic mass is 10.0. The molecule has 0 N–H and O–H groups in total. The van der Waals surface area contributed by atoms with E-state index in [0.717, 1.165) is 5.56 Å². The third kappa shape index (κ3) is 2.15. The number of esters is 1. The van der Waals surface area contributed by atoms with E-state index in [2.05, 4.69) is 20.2 Å². The number of hydrogen-bond donors (Lipinski definition) is 0. The van der Waals surface area contributed by atoms with Crippen LogP contribution in [0.4, 0.5) is 0 Å². The summed E-state index contributed by atoms with van der Waals surface area (Å²) in [5.74, 6) is 0.0167. The summed E-state index contributed by atoms with van der Waals surface area (Å²) in [6.07, 6.45) is 1.60. The maximum atomic E-state index is 11.6. The van der Waals surface area contributed by atoms with Gasteiger partial charge in [0.1, 0.15) is 17.4 Å². The zero-order valence-electron chi connectivity index (χ0n) is 9.45. The molecule has 6 nitrogen and oxygen atoms in total. The van der Waals surface area contributed by atoms with E-state index in [1.165, 1.54) is 14.2 Å². The number of carbonyl (C=O) groups excluding carboxylic acids is 1. The third-order valence-corrected chi connectivity index (χ3v) is 2.41. The van der Waals surface area contributed by atoms with Crippen LogP contribution in [-0.2, 0) is 4.74 Å². The summed E-state index contributed by atoms with van der Waals surface area (Å²) in [6.45, 7) is 0. The molecule has 0 radical (unpaired) electrons. The molecule has 0 aromatic heterocycles. The zero-order valence-corrected chi connectivity index (χ0v) is 9.45. The maximum Gasteiger partial charge on any atom is 0.341 e. The van der Waals surface area contributed by atoms with Crippen LogP contribution in [0.3, 0.4) is 0 Å². The molecule has 0 fully saturated rings. The fraction of sp³-hybridized carbons (Fsp3) is 0.273. The fourth-order valence-corrected chi connectivity index (χ4v) is 1.54. The van der Waals surface area contributed by atoms with Gasteiger partial charge in [-0.1, -0.05) is 6.07 Å². The minimum Gasteiger partial charge on any atom is -0.496 e. The van der Waals surface area contributed by atoms with Crippen LogP contribution in [0.2, 0.25) is 0 Å². The first kappa shape index (κ1) is 11.3. The minimum atomic E-state index is -0.449. The van der Waals surface area contributed by atoms with Crippen molar-refractivity contribution in [1.82, 2.24) is 0 Å². The van der Waals surface area contributed by atoms with E-state index in [-0.39, 0.29) is 6.04 Å². The molecule has 1 unspecified atom stereocenters. The van der Waals surface area contributed by atoms with Crippen LogP contribution in [0.5, 0.6) is 5.75 Å². The molecule has 2 rings (SSSR count). The van der Waals surface area contributed by atoms with Crippen molar-refractivity contribution in [2.75, 3.05) is 14.2 Å². The predicted octanol–water partition coefficient (Wildman–Crippen LogP) is 1.97. The molecule has 1 atom stereocenters. The smallest absolute Gasteiger partial charge is 0.341 e. The predicted molar refractivity (Wildman–Crippen MR) is 60.4 cm³/mol. The molecule has 1 aromatic carbocycles. The number of benzene rings is 1. The van der Waals surface area contributed by atoms with E-state index in [1.807, 2.05) is 6.07 Å². The van der Waals surface area contributed by atoms with E-state index < -0.39 is 5.97 Å². The van der Waals surface area contributed by atoms with Crippen molar-refractivity contribution < 1.29 is 14.3 Å². The normalized spacial score (nSPS) is 17.2. The van der Waals surface area contributed by atoms with Crippen molar-refractivity contribution in [3.63, 3.8) is 0 Å². The van der Waals surface area contributed by atoms with Crippen molar-refractivity contribution in [3.8, 4) is 5.75 Å². The summed E-state index contributed by atoms with van der Waals surface area (Å²) >= 11 is 0. The number of ether oxygens (including phenoxy) is 2. The molecule has 0 amide bonds. The van der Waals surface area contributed by atoms with Crippen molar-refractivity contribution >= 4 is 12.2 Å². The molecule has 0 saturated carbocycles. The number of carbonyl (C=O) groups is 1. The second-order valence-electron chi connectivity index (χ2n) is 3.37. The Hall–Kier alpha value is -2.24. The Morgan fingerprint density at radius 1 is 1.35 bits per heavy atom. The summed E-state index contributed by atoms with van der Waals surface area (Å²) in [5.41, 5.74) is 1.18. The maximum absolute atomic E-state index is 11.6. The Morgan fingerprint density at radius 3 is 2.76 bits per heavy atom. The Kier molecular flexibility index (Phi) is 3.13. The molecule has 6 heteroatoms. The van der Waals surface area contributed by atoms with Crippen molar-refractivity contribution in [3.05, 3.63) is 29.3 Å². The van der Waals surface area contributed by atoms with E-state index in [9.17, 15) is 4.79 Å². The van der Waals surface area contributed by atoms with E-state index in [1.54, 1.807) is 18.3 Å². The first-order chi connectivity index (χ1) is 8.26. The summed E-state index contributed by atoms with van der Waals surface area (Å²) in [6, 6.07) is 4.94. The first-order valence-electron chi connectivity index (χ1n) is 4.96. The molecular formula is C11H11N3O3. The zero-order chi connectivity index (χ0) is 12.3. The monoisotopic (exact) mass is 233 g/mol. The quantitative estimate of drug-likeness (QED) is 0.749. The highest BCUT2D eigenvalue weighted by molar-refractivity contribution is 5.93. The molecular weight excluding hydrogens is 222 g/mol. The minimum absolute atomic E-state index is 0.246. The highest BCUT2D eigenvalue weighted by Gasteiger charge is 2.18. The van der Waals surface area contributed by atoms with Crippen molar-refractivity contribution in [2.45, 2.75) is 6.04 Å². The van der Waals surface area contributed by atoms with Gasteiger partial charge in [0.2, 0.25) is 0 Å². The van der Waals surface area contributed by atoms with E-state index in [0.29, 0.717) is 11.3 Å². The van der Waals surface area contributed by atoms with Crippen molar-refractivity contribution in [2.24, 2.45) is 15.4 Å². The highest BCUT2D eigenvalue weighted by atomic mass is 16.5. The Balaban J connectivity index is 2.40. The number of methoxy groups -OCH3 is 2. The van der Waals surface area contributed by atoms with Gasteiger partial charge in [0.15, 0.2) is 0 Å². The van der Waals surface area contributed by atoms with Gasteiger partial charge in [-0.2, -0.15) is 5.11 Å². The Morgan fingerprint density at radius 2 is 2.18 bits per heavy atom. The topological polar surface area (TPSA) is 72.6 Å². The SMILES string of the molecule is COC(=O)c1cc(C2C=NN=N2)ccc1OC. The molecule has 1 aliphatic heterocycles. The third-order valence-electron chi connectivity index (χ3n) is 2.41. The van der Waals surface area contributed by atoms with Crippen LogP contribution in [0.1, 0.15) is 22.0 Å². The number of hydrogen-bond acceptors (Lipinski definition) is 6. The van der Waals surface area contributed by atoms with Gasteiger partial charge in [0, 0.05) is 0 Å². The van der Waals surface area contributed by atoms with Gasteiger partial charge in [-0.15, -0.1) is 5.10 Å². The summed E-state index contributed by atoms with van der Waals surface area (Å²) < 4.78 is 9.79. The number of nitrogens with zero attached hydrogens (tertiary/aromatic N) is 3. The molecule has 0 saturated heterocycles. The molecule has 0 spiro atoms. The van der Waals surface area contributed by atoms with Gasteiger partial charge in [-0.05, 0) is 22.9 Å². The summed E-state index contributed by atoms with van der Waals surface area (Å²) in [7, 11) is 2.82.